The van der Waals surface area contributed by atoms with Gasteiger partial charge >= 0.3 is 5.97 Å². The van der Waals surface area contributed by atoms with E-state index in [1.807, 2.05) is 54.6 Å². The second-order valence-electron chi connectivity index (χ2n) is 4.61. The maximum absolute atomic E-state index is 12.3. The van der Waals surface area contributed by atoms with Crippen molar-refractivity contribution in [2.75, 3.05) is 13.7 Å². The van der Waals surface area contributed by atoms with Gasteiger partial charge in [0.15, 0.2) is 0 Å². The first kappa shape index (κ1) is 14.8. The van der Waals surface area contributed by atoms with Gasteiger partial charge in [0.25, 0.3) is 0 Å². The molecule has 0 amide bonds. The van der Waals surface area contributed by atoms with E-state index in [-0.39, 0.29) is 12.0 Å². The lowest BCUT2D eigenvalue weighted by Gasteiger charge is -2.26. The first-order valence-electron chi connectivity index (χ1n) is 6.65. The number of rotatable bonds is 6. The SMILES string of the molecule is CCOC(=O)C(c1ccccc1)N(C)Cc1ccsc1. The fraction of sp³-hybridized carbons (Fsp3) is 0.312. The highest BCUT2D eigenvalue weighted by Crippen LogP contribution is 2.23. The fourth-order valence-corrected chi connectivity index (χ4v) is 2.85. The molecule has 1 atom stereocenters. The van der Waals surface area contributed by atoms with E-state index < -0.39 is 0 Å². The van der Waals surface area contributed by atoms with Crippen LogP contribution >= 0.6 is 11.3 Å². The Morgan fingerprint density at radius 3 is 2.65 bits per heavy atom. The van der Waals surface area contributed by atoms with Crippen molar-refractivity contribution in [1.29, 1.82) is 0 Å². The predicted molar refractivity (Wildman–Crippen MR) is 81.6 cm³/mol. The van der Waals surface area contributed by atoms with Gasteiger partial charge in [-0.05, 0) is 41.9 Å². The Bertz CT molecular complexity index is 525. The number of nitrogens with zero attached hydrogens (tertiary/aromatic N) is 1. The first-order chi connectivity index (χ1) is 9.72. The van der Waals surface area contributed by atoms with Crippen LogP contribution < -0.4 is 0 Å². The third-order valence-corrected chi connectivity index (χ3v) is 3.81. The van der Waals surface area contributed by atoms with Crippen molar-refractivity contribution >= 4 is 17.3 Å². The van der Waals surface area contributed by atoms with Crippen LogP contribution in [0, 0.1) is 0 Å². The third kappa shape index (κ3) is 3.68. The zero-order valence-corrected chi connectivity index (χ0v) is 12.6. The Balaban J connectivity index is 2.19. The quantitative estimate of drug-likeness (QED) is 0.762. The number of ether oxygens (including phenoxy) is 1. The zero-order chi connectivity index (χ0) is 14.4. The summed E-state index contributed by atoms with van der Waals surface area (Å²) in [6, 6.07) is 11.5. The van der Waals surface area contributed by atoms with Crippen molar-refractivity contribution in [2.24, 2.45) is 0 Å². The Labute approximate surface area is 123 Å². The standard InChI is InChI=1S/C16H19NO2S/c1-3-19-16(18)15(14-7-5-4-6-8-14)17(2)11-13-9-10-20-12-13/h4-10,12,15H,3,11H2,1-2H3. The van der Waals surface area contributed by atoms with Crippen LogP contribution in [0.1, 0.15) is 24.1 Å². The number of esters is 1. The van der Waals surface area contributed by atoms with Gasteiger partial charge in [0.1, 0.15) is 6.04 Å². The van der Waals surface area contributed by atoms with Crippen LogP contribution in [0.5, 0.6) is 0 Å². The molecule has 0 saturated carbocycles. The van der Waals surface area contributed by atoms with E-state index in [0.29, 0.717) is 6.61 Å². The molecule has 20 heavy (non-hydrogen) atoms. The summed E-state index contributed by atoms with van der Waals surface area (Å²) in [7, 11) is 1.95. The van der Waals surface area contributed by atoms with Gasteiger partial charge in [0.05, 0.1) is 6.61 Å². The molecule has 0 aliphatic rings. The second-order valence-corrected chi connectivity index (χ2v) is 5.39. The molecule has 0 fully saturated rings. The molecule has 0 N–H and O–H groups in total. The normalized spacial score (nSPS) is 12.3. The van der Waals surface area contributed by atoms with Gasteiger partial charge in [-0.25, -0.2) is 4.79 Å². The molecule has 106 valence electrons. The molecule has 4 heteroatoms. The Morgan fingerprint density at radius 2 is 2.05 bits per heavy atom. The fourth-order valence-electron chi connectivity index (χ4n) is 2.19. The van der Waals surface area contributed by atoms with Gasteiger partial charge in [0.2, 0.25) is 0 Å². The van der Waals surface area contributed by atoms with E-state index in [1.165, 1.54) is 5.56 Å². The monoisotopic (exact) mass is 289 g/mol. The molecule has 1 unspecified atom stereocenters. The number of thiophene rings is 1. The molecule has 0 saturated heterocycles. The smallest absolute Gasteiger partial charge is 0.327 e. The number of hydrogen-bond acceptors (Lipinski definition) is 4. The van der Waals surface area contributed by atoms with Crippen LogP contribution in [0.3, 0.4) is 0 Å². The lowest BCUT2D eigenvalue weighted by molar-refractivity contribution is -0.149. The molecule has 0 spiro atoms. The van der Waals surface area contributed by atoms with Crippen molar-refractivity contribution in [3.63, 3.8) is 0 Å². The molecule has 3 nitrogen and oxygen atoms in total. The van der Waals surface area contributed by atoms with Crippen LogP contribution in [0.2, 0.25) is 0 Å². The predicted octanol–water partition coefficient (Wildman–Crippen LogP) is 3.48. The number of benzene rings is 1. The molecule has 1 aromatic heterocycles. The average Bonchev–Trinajstić information content (AvgIpc) is 2.93. The van der Waals surface area contributed by atoms with Crippen molar-refractivity contribution < 1.29 is 9.53 Å². The molecule has 0 aliphatic carbocycles. The molecule has 1 aromatic carbocycles. The number of carbonyl (C=O) groups is 1. The topological polar surface area (TPSA) is 29.5 Å². The van der Waals surface area contributed by atoms with Gasteiger partial charge in [0, 0.05) is 6.54 Å². The van der Waals surface area contributed by atoms with Crippen molar-refractivity contribution in [1.82, 2.24) is 4.90 Å². The van der Waals surface area contributed by atoms with Crippen molar-refractivity contribution in [3.05, 3.63) is 58.3 Å². The Hall–Kier alpha value is -1.65. The largest absolute Gasteiger partial charge is 0.465 e. The Kier molecular flexibility index (Phi) is 5.32. The highest BCUT2D eigenvalue weighted by Gasteiger charge is 2.26. The minimum Gasteiger partial charge on any atom is -0.465 e. The van der Waals surface area contributed by atoms with E-state index in [1.54, 1.807) is 11.3 Å². The highest BCUT2D eigenvalue weighted by atomic mass is 32.1. The van der Waals surface area contributed by atoms with Gasteiger partial charge in [-0.15, -0.1) is 0 Å². The van der Waals surface area contributed by atoms with E-state index in [9.17, 15) is 4.79 Å². The van der Waals surface area contributed by atoms with Crippen LogP contribution in [-0.4, -0.2) is 24.5 Å². The zero-order valence-electron chi connectivity index (χ0n) is 11.8. The number of hydrogen-bond donors (Lipinski definition) is 0. The summed E-state index contributed by atoms with van der Waals surface area (Å²) < 4.78 is 5.22. The summed E-state index contributed by atoms with van der Waals surface area (Å²) in [4.78, 5) is 14.3. The van der Waals surface area contributed by atoms with E-state index in [2.05, 4.69) is 11.4 Å². The van der Waals surface area contributed by atoms with Gasteiger partial charge < -0.3 is 4.74 Å². The van der Waals surface area contributed by atoms with Crippen LogP contribution in [-0.2, 0) is 16.1 Å². The average molecular weight is 289 g/mol. The molecule has 0 radical (unpaired) electrons. The summed E-state index contributed by atoms with van der Waals surface area (Å²) >= 11 is 1.66. The maximum atomic E-state index is 12.3. The molecule has 2 rings (SSSR count). The maximum Gasteiger partial charge on any atom is 0.327 e. The summed E-state index contributed by atoms with van der Waals surface area (Å²) in [5.74, 6) is -0.198. The number of likely N-dealkylation sites (N-methyl/N-ethyl adjacent to an activating group) is 1. The van der Waals surface area contributed by atoms with Gasteiger partial charge in [-0.3, -0.25) is 4.90 Å². The minimum atomic E-state index is -0.365. The number of carbonyl (C=O) groups excluding carboxylic acids is 1. The van der Waals surface area contributed by atoms with E-state index in [4.69, 9.17) is 4.74 Å². The van der Waals surface area contributed by atoms with Crippen LogP contribution in [0.4, 0.5) is 0 Å². The second kappa shape index (κ2) is 7.22. The van der Waals surface area contributed by atoms with E-state index in [0.717, 1.165) is 12.1 Å². The molecule has 2 aromatic rings. The third-order valence-electron chi connectivity index (χ3n) is 3.08. The Morgan fingerprint density at radius 1 is 1.30 bits per heavy atom. The minimum absolute atomic E-state index is 0.198. The highest BCUT2D eigenvalue weighted by molar-refractivity contribution is 7.07. The van der Waals surface area contributed by atoms with Crippen LogP contribution in [0.25, 0.3) is 0 Å². The van der Waals surface area contributed by atoms with Gasteiger partial charge in [-0.1, -0.05) is 30.3 Å². The molecular weight excluding hydrogens is 270 g/mol. The van der Waals surface area contributed by atoms with Gasteiger partial charge in [-0.2, -0.15) is 11.3 Å². The molecular formula is C16H19NO2S. The lowest BCUT2D eigenvalue weighted by Crippen LogP contribution is -2.31. The van der Waals surface area contributed by atoms with E-state index >= 15 is 0 Å². The summed E-state index contributed by atoms with van der Waals surface area (Å²) in [5.41, 5.74) is 2.17. The molecule has 0 aliphatic heterocycles. The molecule has 1 heterocycles. The summed E-state index contributed by atoms with van der Waals surface area (Å²) in [6.07, 6.45) is 0. The lowest BCUT2D eigenvalue weighted by atomic mass is 10.1. The summed E-state index contributed by atoms with van der Waals surface area (Å²) in [6.45, 7) is 2.95. The summed E-state index contributed by atoms with van der Waals surface area (Å²) in [5, 5.41) is 4.15. The van der Waals surface area contributed by atoms with Crippen molar-refractivity contribution in [2.45, 2.75) is 19.5 Å². The van der Waals surface area contributed by atoms with Crippen LogP contribution in [0.15, 0.2) is 47.2 Å². The molecule has 0 bridgehead atoms. The van der Waals surface area contributed by atoms with Crippen molar-refractivity contribution in [3.8, 4) is 0 Å². The first-order valence-corrected chi connectivity index (χ1v) is 7.59.